The van der Waals surface area contributed by atoms with E-state index in [1.165, 1.54) is 0 Å². The molecule has 1 amide bonds. The summed E-state index contributed by atoms with van der Waals surface area (Å²) in [6, 6.07) is 19.0. The van der Waals surface area contributed by atoms with Gasteiger partial charge in [0.2, 0.25) is 0 Å². The third-order valence-corrected chi connectivity index (χ3v) is 7.37. The lowest BCUT2D eigenvalue weighted by Gasteiger charge is -2.45. The van der Waals surface area contributed by atoms with Crippen LogP contribution in [0.2, 0.25) is 0 Å². The molecule has 1 aliphatic heterocycles. The van der Waals surface area contributed by atoms with Crippen molar-refractivity contribution in [2.24, 2.45) is 0 Å². The molecule has 2 aromatic carbocycles. The standard InChI is InChI=1S/C32H34N6O2/c1-21-18-36(31(39)40-32(3,4)5)19-22(2)38(21)25-12-10-23(11-13-25)24-16-34-30-28(17-35-37(30)20-24)26-14-15-33-29-9-7-6-8-27(26)29/h6-17,20-22H,18-19H2,1-5H3. The van der Waals surface area contributed by atoms with Crippen LogP contribution in [0.3, 0.4) is 0 Å². The van der Waals surface area contributed by atoms with E-state index in [-0.39, 0.29) is 18.2 Å². The van der Waals surface area contributed by atoms with Gasteiger partial charge in [-0.3, -0.25) is 4.98 Å². The van der Waals surface area contributed by atoms with Gasteiger partial charge in [-0.15, -0.1) is 0 Å². The lowest BCUT2D eigenvalue weighted by atomic mass is 10.0. The minimum Gasteiger partial charge on any atom is -0.444 e. The van der Waals surface area contributed by atoms with E-state index >= 15 is 0 Å². The largest absolute Gasteiger partial charge is 0.444 e. The van der Waals surface area contributed by atoms with E-state index in [1.807, 2.05) is 79.2 Å². The van der Waals surface area contributed by atoms with Crippen molar-refractivity contribution in [1.82, 2.24) is 24.5 Å². The summed E-state index contributed by atoms with van der Waals surface area (Å²) in [6.45, 7) is 11.2. The number of rotatable bonds is 3. The number of hydrogen-bond acceptors (Lipinski definition) is 6. The van der Waals surface area contributed by atoms with Crippen LogP contribution in [0.25, 0.3) is 38.8 Å². The van der Waals surface area contributed by atoms with Crippen molar-refractivity contribution in [2.75, 3.05) is 18.0 Å². The Morgan fingerprint density at radius 2 is 1.60 bits per heavy atom. The van der Waals surface area contributed by atoms with E-state index < -0.39 is 5.60 Å². The molecule has 1 aliphatic rings. The van der Waals surface area contributed by atoms with Crippen LogP contribution in [0.15, 0.2) is 79.4 Å². The maximum atomic E-state index is 12.7. The Balaban J connectivity index is 1.22. The molecule has 0 saturated carbocycles. The van der Waals surface area contributed by atoms with Gasteiger partial charge in [-0.2, -0.15) is 5.10 Å². The smallest absolute Gasteiger partial charge is 0.410 e. The number of anilines is 1. The van der Waals surface area contributed by atoms with Gasteiger partial charge in [-0.05, 0) is 70.0 Å². The third kappa shape index (κ3) is 4.85. The van der Waals surface area contributed by atoms with Gasteiger partial charge in [0.1, 0.15) is 5.60 Å². The quantitative estimate of drug-likeness (QED) is 0.265. The number of carbonyl (C=O) groups excluding carboxylic acids is 1. The normalized spacial score (nSPS) is 17.9. The fourth-order valence-electron chi connectivity index (χ4n) is 5.68. The van der Waals surface area contributed by atoms with Gasteiger partial charge in [0, 0.05) is 66.0 Å². The molecule has 1 fully saturated rings. The molecule has 40 heavy (non-hydrogen) atoms. The molecule has 0 N–H and O–H groups in total. The third-order valence-electron chi connectivity index (χ3n) is 7.37. The Labute approximate surface area is 234 Å². The second kappa shape index (κ2) is 9.93. The monoisotopic (exact) mass is 534 g/mol. The van der Waals surface area contributed by atoms with E-state index in [2.05, 4.69) is 59.2 Å². The van der Waals surface area contributed by atoms with E-state index in [0.717, 1.165) is 44.5 Å². The molecule has 0 bridgehead atoms. The number of piperazine rings is 1. The molecule has 8 heteroatoms. The number of hydrogen-bond donors (Lipinski definition) is 0. The zero-order valence-corrected chi connectivity index (χ0v) is 23.6. The molecule has 5 aromatic rings. The summed E-state index contributed by atoms with van der Waals surface area (Å²) in [4.78, 5) is 26.1. The molecule has 6 rings (SSSR count). The molecular weight excluding hydrogens is 500 g/mol. The van der Waals surface area contributed by atoms with Gasteiger partial charge in [0.15, 0.2) is 5.65 Å². The Morgan fingerprint density at radius 1 is 0.875 bits per heavy atom. The average molecular weight is 535 g/mol. The van der Waals surface area contributed by atoms with Crippen LogP contribution in [0.1, 0.15) is 34.6 Å². The number of pyridine rings is 1. The Bertz CT molecular complexity index is 1670. The molecule has 2 atom stereocenters. The van der Waals surface area contributed by atoms with E-state index in [4.69, 9.17) is 9.72 Å². The van der Waals surface area contributed by atoms with Crippen molar-refractivity contribution in [3.05, 3.63) is 79.4 Å². The van der Waals surface area contributed by atoms with Crippen molar-refractivity contribution in [3.8, 4) is 22.3 Å². The van der Waals surface area contributed by atoms with Crippen molar-refractivity contribution >= 4 is 28.3 Å². The minimum absolute atomic E-state index is 0.159. The highest BCUT2D eigenvalue weighted by Gasteiger charge is 2.34. The molecule has 3 aromatic heterocycles. The maximum Gasteiger partial charge on any atom is 0.410 e. The molecule has 8 nitrogen and oxygen atoms in total. The van der Waals surface area contributed by atoms with Crippen molar-refractivity contribution in [2.45, 2.75) is 52.3 Å². The molecule has 1 saturated heterocycles. The second-order valence-electron chi connectivity index (χ2n) is 11.6. The maximum absolute atomic E-state index is 12.7. The van der Waals surface area contributed by atoms with Crippen molar-refractivity contribution in [3.63, 3.8) is 0 Å². The summed E-state index contributed by atoms with van der Waals surface area (Å²) in [5, 5.41) is 5.71. The van der Waals surface area contributed by atoms with E-state index in [1.54, 1.807) is 0 Å². The zero-order valence-electron chi connectivity index (χ0n) is 23.6. The number of carbonyl (C=O) groups is 1. The predicted octanol–water partition coefficient (Wildman–Crippen LogP) is 6.45. The number of para-hydroxylation sites is 1. The summed E-state index contributed by atoms with van der Waals surface area (Å²) in [6.07, 6.45) is 7.38. The number of aromatic nitrogens is 4. The van der Waals surface area contributed by atoms with E-state index in [0.29, 0.717) is 13.1 Å². The number of fused-ring (bicyclic) bond motifs is 2. The van der Waals surface area contributed by atoms with Crippen LogP contribution in [0.4, 0.5) is 10.5 Å². The molecule has 4 heterocycles. The molecular formula is C32H34N6O2. The number of nitrogens with zero attached hydrogens (tertiary/aromatic N) is 6. The van der Waals surface area contributed by atoms with Crippen molar-refractivity contribution in [1.29, 1.82) is 0 Å². The topological polar surface area (TPSA) is 75.9 Å². The van der Waals surface area contributed by atoms with Gasteiger partial charge in [-0.25, -0.2) is 14.3 Å². The van der Waals surface area contributed by atoms with Gasteiger partial charge in [0.25, 0.3) is 0 Å². The number of benzene rings is 2. The Kier molecular flexibility index (Phi) is 6.41. The number of ether oxygens (including phenoxy) is 1. The first-order valence-corrected chi connectivity index (χ1v) is 13.7. The minimum atomic E-state index is -0.500. The highest BCUT2D eigenvalue weighted by Crippen LogP contribution is 2.32. The second-order valence-corrected chi connectivity index (χ2v) is 11.6. The molecule has 204 valence electrons. The molecule has 0 spiro atoms. The average Bonchev–Trinajstić information content (AvgIpc) is 3.35. The fourth-order valence-corrected chi connectivity index (χ4v) is 5.68. The summed E-state index contributed by atoms with van der Waals surface area (Å²) in [5.74, 6) is 0. The summed E-state index contributed by atoms with van der Waals surface area (Å²) < 4.78 is 7.45. The lowest BCUT2D eigenvalue weighted by Crippen LogP contribution is -2.58. The summed E-state index contributed by atoms with van der Waals surface area (Å²) >= 11 is 0. The van der Waals surface area contributed by atoms with Crippen LogP contribution in [0.5, 0.6) is 0 Å². The van der Waals surface area contributed by atoms with Crippen LogP contribution in [-0.2, 0) is 4.74 Å². The first-order chi connectivity index (χ1) is 19.2. The highest BCUT2D eigenvalue weighted by atomic mass is 16.6. The van der Waals surface area contributed by atoms with Crippen LogP contribution < -0.4 is 4.90 Å². The fraction of sp³-hybridized carbons (Fsp3) is 0.312. The van der Waals surface area contributed by atoms with Crippen LogP contribution in [0, 0.1) is 0 Å². The first kappa shape index (κ1) is 25.8. The predicted molar refractivity (Wildman–Crippen MR) is 158 cm³/mol. The molecule has 2 unspecified atom stereocenters. The lowest BCUT2D eigenvalue weighted by molar-refractivity contribution is 0.0193. The number of amides is 1. The van der Waals surface area contributed by atoms with Gasteiger partial charge < -0.3 is 14.5 Å². The zero-order chi connectivity index (χ0) is 28.0. The molecule has 0 aliphatic carbocycles. The van der Waals surface area contributed by atoms with Gasteiger partial charge in [0.05, 0.1) is 11.7 Å². The Hall–Kier alpha value is -4.46. The van der Waals surface area contributed by atoms with Gasteiger partial charge in [-0.1, -0.05) is 30.3 Å². The Morgan fingerprint density at radius 3 is 2.33 bits per heavy atom. The summed E-state index contributed by atoms with van der Waals surface area (Å²) in [7, 11) is 0. The highest BCUT2D eigenvalue weighted by molar-refractivity contribution is 5.97. The van der Waals surface area contributed by atoms with Crippen molar-refractivity contribution < 1.29 is 9.53 Å². The summed E-state index contributed by atoms with van der Waals surface area (Å²) in [5.41, 5.74) is 6.50. The van der Waals surface area contributed by atoms with Crippen LogP contribution >= 0.6 is 0 Å². The van der Waals surface area contributed by atoms with E-state index in [9.17, 15) is 4.79 Å². The van der Waals surface area contributed by atoms with Gasteiger partial charge >= 0.3 is 6.09 Å². The molecule has 0 radical (unpaired) electrons. The van der Waals surface area contributed by atoms with Crippen LogP contribution in [-0.4, -0.2) is 61.3 Å². The first-order valence-electron chi connectivity index (χ1n) is 13.7. The SMILES string of the molecule is CC1CN(C(=O)OC(C)(C)C)CC(C)N1c1ccc(-c2cnc3c(-c4ccnc5ccccc45)cnn3c2)cc1.